The first-order valence-electron chi connectivity index (χ1n) is 8.23. The number of methoxy groups -OCH3 is 1. The molecule has 5 nitrogen and oxygen atoms in total. The Bertz CT molecular complexity index is 858. The molecule has 26 heavy (non-hydrogen) atoms. The molecule has 2 aromatic carbocycles. The Hall–Kier alpha value is -2.86. The molecule has 0 saturated carbocycles. The SMILES string of the molecule is COc1ccc(-c2nc(C(=O)NCCOc3ccc(C)cc3)cs2)cc1. The number of thiazole rings is 1. The monoisotopic (exact) mass is 368 g/mol. The van der Waals surface area contributed by atoms with Crippen molar-refractivity contribution < 1.29 is 14.3 Å². The lowest BCUT2D eigenvalue weighted by atomic mass is 10.2. The lowest BCUT2D eigenvalue weighted by Crippen LogP contribution is -2.28. The van der Waals surface area contributed by atoms with E-state index in [0.717, 1.165) is 22.1 Å². The van der Waals surface area contributed by atoms with Gasteiger partial charge in [0.05, 0.1) is 13.7 Å². The lowest BCUT2D eigenvalue weighted by Gasteiger charge is -2.07. The number of amides is 1. The van der Waals surface area contributed by atoms with Crippen LogP contribution < -0.4 is 14.8 Å². The number of hydrogen-bond donors (Lipinski definition) is 1. The molecule has 0 spiro atoms. The quantitative estimate of drug-likeness (QED) is 0.642. The molecule has 3 rings (SSSR count). The van der Waals surface area contributed by atoms with Gasteiger partial charge in [0.15, 0.2) is 0 Å². The summed E-state index contributed by atoms with van der Waals surface area (Å²) in [5.74, 6) is 1.38. The van der Waals surface area contributed by atoms with Crippen molar-refractivity contribution in [3.8, 4) is 22.1 Å². The first-order chi connectivity index (χ1) is 12.7. The summed E-state index contributed by atoms with van der Waals surface area (Å²) in [5, 5.41) is 5.38. The first kappa shape index (κ1) is 17.9. The minimum Gasteiger partial charge on any atom is -0.497 e. The highest BCUT2D eigenvalue weighted by molar-refractivity contribution is 7.13. The molecule has 0 saturated heterocycles. The molecular weight excluding hydrogens is 348 g/mol. The van der Waals surface area contributed by atoms with Crippen LogP contribution in [0, 0.1) is 6.92 Å². The van der Waals surface area contributed by atoms with Gasteiger partial charge in [0.25, 0.3) is 5.91 Å². The Balaban J connectivity index is 1.50. The van der Waals surface area contributed by atoms with Crippen LogP contribution in [-0.4, -0.2) is 31.2 Å². The molecule has 0 atom stereocenters. The van der Waals surface area contributed by atoms with Crippen molar-refractivity contribution in [2.24, 2.45) is 0 Å². The molecule has 1 amide bonds. The molecule has 6 heteroatoms. The standard InChI is InChI=1S/C20H20N2O3S/c1-14-3-7-17(8-4-14)25-12-11-21-19(23)18-13-26-20(22-18)15-5-9-16(24-2)10-6-15/h3-10,13H,11-12H2,1-2H3,(H,21,23). The van der Waals surface area contributed by atoms with E-state index in [-0.39, 0.29) is 5.91 Å². The van der Waals surface area contributed by atoms with Crippen LogP contribution in [0.4, 0.5) is 0 Å². The van der Waals surface area contributed by atoms with Gasteiger partial charge in [0.1, 0.15) is 28.8 Å². The summed E-state index contributed by atoms with van der Waals surface area (Å²) in [5.41, 5.74) is 2.55. The van der Waals surface area contributed by atoms with E-state index in [2.05, 4.69) is 10.3 Å². The van der Waals surface area contributed by atoms with Crippen LogP contribution in [0.1, 0.15) is 16.1 Å². The number of benzene rings is 2. The van der Waals surface area contributed by atoms with Crippen LogP contribution in [0.2, 0.25) is 0 Å². The van der Waals surface area contributed by atoms with E-state index in [4.69, 9.17) is 9.47 Å². The second-order valence-electron chi connectivity index (χ2n) is 5.68. The van der Waals surface area contributed by atoms with Gasteiger partial charge in [-0.3, -0.25) is 4.79 Å². The number of nitrogens with zero attached hydrogens (tertiary/aromatic N) is 1. The Morgan fingerprint density at radius 3 is 2.46 bits per heavy atom. The number of hydrogen-bond acceptors (Lipinski definition) is 5. The van der Waals surface area contributed by atoms with Crippen molar-refractivity contribution in [2.75, 3.05) is 20.3 Å². The number of carbonyl (C=O) groups is 1. The predicted molar refractivity (Wildman–Crippen MR) is 103 cm³/mol. The van der Waals surface area contributed by atoms with E-state index in [1.807, 2.05) is 55.5 Å². The Morgan fingerprint density at radius 1 is 1.08 bits per heavy atom. The normalized spacial score (nSPS) is 10.4. The number of carbonyl (C=O) groups excluding carboxylic acids is 1. The second kappa shape index (κ2) is 8.49. The first-order valence-corrected chi connectivity index (χ1v) is 9.11. The van der Waals surface area contributed by atoms with Gasteiger partial charge in [0, 0.05) is 10.9 Å². The highest BCUT2D eigenvalue weighted by Gasteiger charge is 2.11. The summed E-state index contributed by atoms with van der Waals surface area (Å²) in [6.07, 6.45) is 0. The topological polar surface area (TPSA) is 60.5 Å². The van der Waals surface area contributed by atoms with Crippen LogP contribution >= 0.6 is 11.3 Å². The van der Waals surface area contributed by atoms with Crippen molar-refractivity contribution in [3.63, 3.8) is 0 Å². The fourth-order valence-corrected chi connectivity index (χ4v) is 3.11. The molecule has 0 aliphatic heterocycles. The van der Waals surface area contributed by atoms with E-state index in [9.17, 15) is 4.79 Å². The molecule has 0 aliphatic rings. The van der Waals surface area contributed by atoms with Crippen molar-refractivity contribution in [2.45, 2.75) is 6.92 Å². The van der Waals surface area contributed by atoms with Crippen LogP contribution in [0.3, 0.4) is 0 Å². The molecule has 0 unspecified atom stereocenters. The third-order valence-corrected chi connectivity index (χ3v) is 4.64. The molecule has 1 heterocycles. The zero-order valence-electron chi connectivity index (χ0n) is 14.7. The van der Waals surface area contributed by atoms with Gasteiger partial charge < -0.3 is 14.8 Å². The average Bonchev–Trinajstić information content (AvgIpc) is 3.17. The maximum atomic E-state index is 12.2. The third kappa shape index (κ3) is 4.61. The minimum absolute atomic E-state index is 0.200. The zero-order valence-corrected chi connectivity index (χ0v) is 15.5. The third-order valence-electron chi connectivity index (χ3n) is 3.75. The summed E-state index contributed by atoms with van der Waals surface area (Å²) in [6, 6.07) is 15.4. The van der Waals surface area contributed by atoms with Gasteiger partial charge in [-0.1, -0.05) is 17.7 Å². The van der Waals surface area contributed by atoms with Crippen LogP contribution in [0.25, 0.3) is 10.6 Å². The van der Waals surface area contributed by atoms with Crippen LogP contribution in [0.5, 0.6) is 11.5 Å². The fourth-order valence-electron chi connectivity index (χ4n) is 2.30. The van der Waals surface area contributed by atoms with Crippen molar-refractivity contribution in [1.82, 2.24) is 10.3 Å². The van der Waals surface area contributed by atoms with Crippen LogP contribution in [0.15, 0.2) is 53.9 Å². The van der Waals surface area contributed by atoms with E-state index in [1.165, 1.54) is 16.9 Å². The lowest BCUT2D eigenvalue weighted by molar-refractivity contribution is 0.0943. The van der Waals surface area contributed by atoms with Gasteiger partial charge in [0.2, 0.25) is 0 Å². The molecule has 0 aliphatic carbocycles. The van der Waals surface area contributed by atoms with Gasteiger partial charge in [-0.15, -0.1) is 11.3 Å². The summed E-state index contributed by atoms with van der Waals surface area (Å²) >= 11 is 1.44. The predicted octanol–water partition coefficient (Wildman–Crippen LogP) is 3.94. The van der Waals surface area contributed by atoms with Crippen molar-refractivity contribution >= 4 is 17.2 Å². The molecule has 1 N–H and O–H groups in total. The molecule has 0 fully saturated rings. The van der Waals surface area contributed by atoms with Gasteiger partial charge >= 0.3 is 0 Å². The van der Waals surface area contributed by atoms with E-state index < -0.39 is 0 Å². The molecule has 1 aromatic heterocycles. The number of nitrogens with one attached hydrogen (secondary N) is 1. The van der Waals surface area contributed by atoms with E-state index in [0.29, 0.717) is 18.8 Å². The molecular formula is C20H20N2O3S. The fraction of sp³-hybridized carbons (Fsp3) is 0.200. The number of aryl methyl sites for hydroxylation is 1. The number of rotatable bonds is 7. The minimum atomic E-state index is -0.200. The Morgan fingerprint density at radius 2 is 1.77 bits per heavy atom. The van der Waals surface area contributed by atoms with Crippen molar-refractivity contribution in [1.29, 1.82) is 0 Å². The smallest absolute Gasteiger partial charge is 0.270 e. The summed E-state index contributed by atoms with van der Waals surface area (Å²) < 4.78 is 10.7. The summed E-state index contributed by atoms with van der Waals surface area (Å²) in [4.78, 5) is 16.6. The number of aromatic nitrogens is 1. The molecule has 134 valence electrons. The summed E-state index contributed by atoms with van der Waals surface area (Å²) in [7, 11) is 1.63. The Labute approximate surface area is 156 Å². The zero-order chi connectivity index (χ0) is 18.4. The van der Waals surface area contributed by atoms with Gasteiger partial charge in [-0.05, 0) is 43.3 Å². The van der Waals surface area contributed by atoms with Gasteiger partial charge in [-0.25, -0.2) is 4.98 Å². The maximum Gasteiger partial charge on any atom is 0.270 e. The molecule has 3 aromatic rings. The van der Waals surface area contributed by atoms with E-state index >= 15 is 0 Å². The number of ether oxygens (including phenoxy) is 2. The maximum absolute atomic E-state index is 12.2. The average molecular weight is 368 g/mol. The largest absolute Gasteiger partial charge is 0.497 e. The van der Waals surface area contributed by atoms with Crippen LogP contribution in [-0.2, 0) is 0 Å². The summed E-state index contributed by atoms with van der Waals surface area (Å²) in [6.45, 7) is 2.85. The van der Waals surface area contributed by atoms with Gasteiger partial charge in [-0.2, -0.15) is 0 Å². The molecule has 0 radical (unpaired) electrons. The second-order valence-corrected chi connectivity index (χ2v) is 6.54. The highest BCUT2D eigenvalue weighted by atomic mass is 32.1. The highest BCUT2D eigenvalue weighted by Crippen LogP contribution is 2.25. The Kier molecular flexibility index (Phi) is 5.86. The van der Waals surface area contributed by atoms with Crippen molar-refractivity contribution in [3.05, 3.63) is 65.2 Å². The molecule has 0 bridgehead atoms. The van der Waals surface area contributed by atoms with E-state index in [1.54, 1.807) is 12.5 Å².